The first kappa shape index (κ1) is 24.0. The van der Waals surface area contributed by atoms with E-state index in [1.54, 1.807) is 6.07 Å². The second-order valence-electron chi connectivity index (χ2n) is 9.49. The van der Waals surface area contributed by atoms with Gasteiger partial charge in [-0.2, -0.15) is 0 Å². The van der Waals surface area contributed by atoms with E-state index in [1.165, 1.54) is 12.3 Å². The molecule has 1 aliphatic carbocycles. The van der Waals surface area contributed by atoms with E-state index < -0.39 is 17.2 Å². The summed E-state index contributed by atoms with van der Waals surface area (Å²) in [7, 11) is 0. The summed E-state index contributed by atoms with van der Waals surface area (Å²) in [5, 5.41) is 13.8. The lowest BCUT2D eigenvalue weighted by atomic mass is 10.1. The van der Waals surface area contributed by atoms with Crippen LogP contribution in [0.1, 0.15) is 41.7 Å². The summed E-state index contributed by atoms with van der Waals surface area (Å²) in [5.41, 5.74) is 2.00. The van der Waals surface area contributed by atoms with Crippen LogP contribution >= 0.6 is 0 Å². The van der Waals surface area contributed by atoms with Crippen LogP contribution in [0.3, 0.4) is 0 Å². The summed E-state index contributed by atoms with van der Waals surface area (Å²) in [6.45, 7) is 5.74. The SMILES string of the molecule is CC(CN1CCN(c2cc3c(cc2F)c(=O)c(C(=O)O)cn3C2CC2)CC1)=NOCc1ccccc1. The Bertz CT molecular complexity index is 1360. The van der Waals surface area contributed by atoms with E-state index >= 15 is 4.39 Å². The maximum absolute atomic E-state index is 15.2. The monoisotopic (exact) mass is 492 g/mol. The standard InChI is InChI=1S/C27H29FN4O4/c1-18(29-36-17-19-5-3-2-4-6-19)15-30-9-11-31(12-10-30)25-14-24-21(13-23(25)28)26(33)22(27(34)35)16-32(24)20-7-8-20/h2-6,13-14,16,20H,7-12,15,17H2,1H3,(H,34,35). The molecule has 1 N–H and O–H groups in total. The lowest BCUT2D eigenvalue weighted by Gasteiger charge is -2.36. The molecular weight excluding hydrogens is 463 g/mol. The normalized spacial score (nSPS) is 16.9. The van der Waals surface area contributed by atoms with Gasteiger partial charge in [0.1, 0.15) is 18.0 Å². The van der Waals surface area contributed by atoms with E-state index in [-0.39, 0.29) is 17.0 Å². The molecule has 1 saturated heterocycles. The van der Waals surface area contributed by atoms with E-state index in [0.717, 1.165) is 37.2 Å². The Morgan fingerprint density at radius 1 is 1.14 bits per heavy atom. The average molecular weight is 493 g/mol. The molecule has 3 aromatic rings. The third-order valence-corrected chi connectivity index (χ3v) is 6.73. The molecule has 2 aromatic carbocycles. The van der Waals surface area contributed by atoms with Gasteiger partial charge in [-0.1, -0.05) is 35.5 Å². The van der Waals surface area contributed by atoms with Crippen molar-refractivity contribution in [2.24, 2.45) is 5.16 Å². The second kappa shape index (κ2) is 10.1. The van der Waals surface area contributed by atoms with Crippen molar-refractivity contribution in [3.05, 3.63) is 75.8 Å². The van der Waals surface area contributed by atoms with Crippen molar-refractivity contribution in [3.63, 3.8) is 0 Å². The largest absolute Gasteiger partial charge is 0.477 e. The minimum atomic E-state index is -1.29. The maximum atomic E-state index is 15.2. The molecule has 0 radical (unpaired) electrons. The van der Waals surface area contributed by atoms with Crippen molar-refractivity contribution in [1.82, 2.24) is 9.47 Å². The lowest BCUT2D eigenvalue weighted by molar-refractivity contribution is 0.0695. The Hall–Kier alpha value is -3.72. The van der Waals surface area contributed by atoms with Crippen LogP contribution in [0.15, 0.2) is 58.6 Å². The summed E-state index contributed by atoms with van der Waals surface area (Å²) in [6.07, 6.45) is 3.24. The highest BCUT2D eigenvalue weighted by molar-refractivity contribution is 5.93. The first-order valence-corrected chi connectivity index (χ1v) is 12.2. The van der Waals surface area contributed by atoms with Gasteiger partial charge >= 0.3 is 5.97 Å². The van der Waals surface area contributed by atoms with Gasteiger partial charge in [-0.25, -0.2) is 9.18 Å². The quantitative estimate of drug-likeness (QED) is 0.379. The smallest absolute Gasteiger partial charge is 0.341 e. The number of aromatic nitrogens is 1. The summed E-state index contributed by atoms with van der Waals surface area (Å²) in [5.74, 6) is -1.80. The number of oxime groups is 1. The molecule has 1 aliphatic heterocycles. The predicted octanol–water partition coefficient (Wildman–Crippen LogP) is 3.89. The van der Waals surface area contributed by atoms with Crippen molar-refractivity contribution in [2.75, 3.05) is 37.6 Å². The molecule has 1 aromatic heterocycles. The number of aromatic carboxylic acids is 1. The number of piperazine rings is 1. The molecule has 0 spiro atoms. The fourth-order valence-electron chi connectivity index (χ4n) is 4.70. The van der Waals surface area contributed by atoms with Crippen LogP contribution in [-0.2, 0) is 11.4 Å². The molecule has 0 bridgehead atoms. The Labute approximate surface area is 208 Å². The molecular formula is C27H29FN4O4. The van der Waals surface area contributed by atoms with Crippen LogP contribution in [-0.4, -0.2) is 59.0 Å². The third-order valence-electron chi connectivity index (χ3n) is 6.73. The number of rotatable bonds is 8. The van der Waals surface area contributed by atoms with E-state index in [2.05, 4.69) is 10.1 Å². The predicted molar refractivity (Wildman–Crippen MR) is 136 cm³/mol. The van der Waals surface area contributed by atoms with E-state index in [9.17, 15) is 14.7 Å². The topological polar surface area (TPSA) is 87.4 Å². The summed E-state index contributed by atoms with van der Waals surface area (Å²) >= 11 is 0. The zero-order valence-electron chi connectivity index (χ0n) is 20.2. The van der Waals surface area contributed by atoms with Gasteiger partial charge in [0.05, 0.1) is 16.9 Å². The summed E-state index contributed by atoms with van der Waals surface area (Å²) in [4.78, 5) is 34.0. The maximum Gasteiger partial charge on any atom is 0.341 e. The van der Waals surface area contributed by atoms with E-state index in [0.29, 0.717) is 37.4 Å². The molecule has 0 unspecified atom stereocenters. The van der Waals surface area contributed by atoms with Crippen LogP contribution in [0.2, 0.25) is 0 Å². The molecule has 9 heteroatoms. The number of hydrogen-bond acceptors (Lipinski definition) is 6. The molecule has 2 heterocycles. The Kier molecular flexibility index (Phi) is 6.73. The number of anilines is 1. The minimum absolute atomic E-state index is 0.115. The highest BCUT2D eigenvalue weighted by Crippen LogP contribution is 2.38. The molecule has 188 valence electrons. The van der Waals surface area contributed by atoms with Gasteiger partial charge in [0.2, 0.25) is 5.43 Å². The van der Waals surface area contributed by atoms with Gasteiger partial charge in [-0.15, -0.1) is 0 Å². The fourth-order valence-corrected chi connectivity index (χ4v) is 4.70. The molecule has 36 heavy (non-hydrogen) atoms. The molecule has 1 saturated carbocycles. The van der Waals surface area contributed by atoms with Gasteiger partial charge < -0.3 is 19.4 Å². The first-order valence-electron chi connectivity index (χ1n) is 12.2. The zero-order chi connectivity index (χ0) is 25.2. The third kappa shape index (κ3) is 5.11. The number of carboxylic acid groups (broad SMARTS) is 1. The molecule has 2 fully saturated rings. The number of halogens is 1. The van der Waals surface area contributed by atoms with Crippen LogP contribution in [0, 0.1) is 5.82 Å². The number of nitrogens with zero attached hydrogens (tertiary/aromatic N) is 4. The molecule has 8 nitrogen and oxygen atoms in total. The van der Waals surface area contributed by atoms with Crippen molar-refractivity contribution in [3.8, 4) is 0 Å². The van der Waals surface area contributed by atoms with Crippen LogP contribution < -0.4 is 10.3 Å². The molecule has 2 aliphatic rings. The van der Waals surface area contributed by atoms with Gasteiger partial charge in [-0.3, -0.25) is 9.69 Å². The first-order chi connectivity index (χ1) is 17.4. The van der Waals surface area contributed by atoms with Gasteiger partial charge in [0.25, 0.3) is 0 Å². The summed E-state index contributed by atoms with van der Waals surface area (Å²) in [6, 6.07) is 12.9. The highest BCUT2D eigenvalue weighted by atomic mass is 19.1. The number of benzene rings is 2. The summed E-state index contributed by atoms with van der Waals surface area (Å²) < 4.78 is 17.0. The average Bonchev–Trinajstić information content (AvgIpc) is 3.71. The molecule has 5 rings (SSSR count). The zero-order valence-corrected chi connectivity index (χ0v) is 20.2. The van der Waals surface area contributed by atoms with Crippen molar-refractivity contribution >= 4 is 28.3 Å². The van der Waals surface area contributed by atoms with Gasteiger partial charge in [-0.05, 0) is 37.5 Å². The number of fused-ring (bicyclic) bond motifs is 1. The van der Waals surface area contributed by atoms with Crippen molar-refractivity contribution in [2.45, 2.75) is 32.4 Å². The Balaban J connectivity index is 1.27. The Morgan fingerprint density at radius 3 is 2.53 bits per heavy atom. The number of hydrogen-bond donors (Lipinski definition) is 1. The minimum Gasteiger partial charge on any atom is -0.477 e. The van der Waals surface area contributed by atoms with Crippen molar-refractivity contribution in [1.29, 1.82) is 0 Å². The van der Waals surface area contributed by atoms with Crippen LogP contribution in [0.4, 0.5) is 10.1 Å². The van der Waals surface area contributed by atoms with Gasteiger partial charge in [0, 0.05) is 50.3 Å². The highest BCUT2D eigenvalue weighted by Gasteiger charge is 2.28. The number of carboxylic acids is 1. The number of carbonyl (C=O) groups is 1. The van der Waals surface area contributed by atoms with Crippen LogP contribution in [0.5, 0.6) is 0 Å². The lowest BCUT2D eigenvalue weighted by Crippen LogP contribution is -2.48. The Morgan fingerprint density at radius 2 is 1.86 bits per heavy atom. The second-order valence-corrected chi connectivity index (χ2v) is 9.49. The molecule has 0 atom stereocenters. The van der Waals surface area contributed by atoms with E-state index in [4.69, 9.17) is 4.84 Å². The number of pyridine rings is 1. The fraction of sp³-hybridized carbons (Fsp3) is 0.370. The van der Waals surface area contributed by atoms with Crippen LogP contribution in [0.25, 0.3) is 10.9 Å². The molecule has 0 amide bonds. The van der Waals surface area contributed by atoms with E-state index in [1.807, 2.05) is 46.7 Å². The van der Waals surface area contributed by atoms with Crippen molar-refractivity contribution < 1.29 is 19.1 Å². The van der Waals surface area contributed by atoms with Gasteiger partial charge in [0.15, 0.2) is 0 Å².